The molecule has 0 bridgehead atoms. The van der Waals surface area contributed by atoms with E-state index < -0.39 is 59.9 Å². The Kier molecular flexibility index (Phi) is 50.5. The Morgan fingerprint density at radius 3 is 1.78 bits per heavy atom. The van der Waals surface area contributed by atoms with Crippen molar-refractivity contribution in [2.75, 3.05) is 89.1 Å². The number of nitrogens with zero attached hydrogens (tertiary/aromatic N) is 3. The number of aliphatic hydroxyl groups excluding tert-OH is 1. The van der Waals surface area contributed by atoms with E-state index in [1.165, 1.54) is 73.3 Å². The molecule has 19 heteroatoms. The van der Waals surface area contributed by atoms with Crippen LogP contribution in [0, 0.1) is 11.8 Å². The van der Waals surface area contributed by atoms with Gasteiger partial charge in [-0.15, -0.1) is 0 Å². The van der Waals surface area contributed by atoms with Crippen LogP contribution < -0.4 is 37.2 Å². The van der Waals surface area contributed by atoms with Gasteiger partial charge in [-0.05, 0) is 121 Å². The van der Waals surface area contributed by atoms with Crippen molar-refractivity contribution in [2.24, 2.45) is 11.8 Å². The molecule has 3 rings (SSSR count). The molecule has 1 aromatic carbocycles. The average Bonchev–Trinajstić information content (AvgIpc) is 4.19. The Balaban J connectivity index is -0.00000172. The second-order valence-electron chi connectivity index (χ2n) is 22.4. The molecule has 8 atom stereocenters. The molecule has 19 nitrogen and oxygen atoms in total. The van der Waals surface area contributed by atoms with Crippen LogP contribution in [0.25, 0.3) is 0 Å². The summed E-state index contributed by atoms with van der Waals surface area (Å²) in [6.45, 7) is 22.0. The van der Waals surface area contributed by atoms with Gasteiger partial charge in [-0.25, -0.2) is 0 Å². The van der Waals surface area contributed by atoms with E-state index in [-0.39, 0.29) is 43.4 Å². The summed E-state index contributed by atoms with van der Waals surface area (Å²) in [7, 11) is 15.5. The van der Waals surface area contributed by atoms with Gasteiger partial charge < -0.3 is 66.5 Å². The molecule has 1 aromatic rings. The van der Waals surface area contributed by atoms with Crippen molar-refractivity contribution in [3.63, 3.8) is 0 Å². The Morgan fingerprint density at radius 2 is 1.24 bits per heavy atom. The lowest BCUT2D eigenvalue weighted by molar-refractivity contribution is -0.870. The number of phenolic OH excluding ortho intramolecular Hbond substituents is 1. The molecule has 2 saturated heterocycles. The number of quaternary nitrogens is 2. The highest BCUT2D eigenvalue weighted by molar-refractivity contribution is 5.96. The molecule has 0 aromatic heterocycles. The Bertz CT molecular complexity index is 1820. The van der Waals surface area contributed by atoms with Gasteiger partial charge in [0.2, 0.25) is 35.4 Å². The standard InChI is InChI=1S/C37H59N7O8.C17H35NO.C3H9N.C2H7N.2C2H6/c1-6-28(39-32(48)14-7-19-38-2)36(51)43-21-9-13-30(43)34(49)41-33(31(47)23-25-15-17-27(46)18-16-25)35(50)40-29(12-10-22-44(3,4)5)37(52)42-20-8-11-26(42)24-45;1-5-15(2)14-16(3)12-10-8-6-7-9-11-13-17(19)18-4;1-3-4-2;1-3-2;2*1-2/h15-18,24,26,28-31,33,38,47H,6-14,19-23H2,1-5H3,(H3-,39,40,41,46,48,49,50);15-16H,5-14H2,1-4H3,(H,18,19);4H,3H2,1-2H3;3H,1-2H3;2*1-2H3/p+2. The van der Waals surface area contributed by atoms with E-state index in [1.807, 2.05) is 75.3 Å². The average molecular weight is 1170 g/mol. The monoisotopic (exact) mass is 1160 g/mol. The molecule has 0 aliphatic carbocycles. The molecule has 10 N–H and O–H groups in total. The summed E-state index contributed by atoms with van der Waals surface area (Å²) < 4.78 is 0.634. The molecule has 82 heavy (non-hydrogen) atoms. The van der Waals surface area contributed by atoms with Crippen LogP contribution in [0.1, 0.15) is 190 Å². The third kappa shape index (κ3) is 37.5. The fraction of sp³-hybridized carbons (Fsp3) is 0.794. The van der Waals surface area contributed by atoms with Crippen LogP contribution in [-0.4, -0.2) is 192 Å². The zero-order valence-corrected chi connectivity index (χ0v) is 54.9. The van der Waals surface area contributed by atoms with Crippen LogP contribution >= 0.6 is 0 Å². The fourth-order valence-corrected chi connectivity index (χ4v) is 9.39. The number of benzene rings is 1. The Morgan fingerprint density at radius 1 is 0.695 bits per heavy atom. The molecule has 8 unspecified atom stereocenters. The van der Waals surface area contributed by atoms with Crippen molar-refractivity contribution in [3.8, 4) is 5.75 Å². The number of aliphatic hydroxyl groups is 1. The summed E-state index contributed by atoms with van der Waals surface area (Å²) in [4.78, 5) is 93.7. The number of unbranched alkanes of at least 4 members (excludes halogenated alkanes) is 5. The number of aldehydes is 1. The number of rotatable bonds is 33. The molecule has 0 saturated carbocycles. The molecule has 478 valence electrons. The van der Waals surface area contributed by atoms with E-state index in [1.54, 1.807) is 33.2 Å². The molecule has 2 heterocycles. The number of amides is 6. The number of aromatic hydroxyl groups is 1. The van der Waals surface area contributed by atoms with Gasteiger partial charge in [0, 0.05) is 39.4 Å². The van der Waals surface area contributed by atoms with Gasteiger partial charge in [-0.3, -0.25) is 28.8 Å². The highest BCUT2D eigenvalue weighted by Gasteiger charge is 2.41. The molecular formula is C63H124N10O9+2. The van der Waals surface area contributed by atoms with E-state index in [2.05, 4.69) is 59.6 Å². The lowest BCUT2D eigenvalue weighted by Gasteiger charge is -2.32. The number of hydrogen-bond donors (Lipinski definition) is 9. The third-order valence-electron chi connectivity index (χ3n) is 14.2. The predicted octanol–water partition coefficient (Wildman–Crippen LogP) is 5.84. The van der Waals surface area contributed by atoms with E-state index in [4.69, 9.17) is 0 Å². The minimum absolute atomic E-state index is 0.0251. The Labute approximate surface area is 498 Å². The molecule has 2 aliphatic rings. The summed E-state index contributed by atoms with van der Waals surface area (Å²) in [5.41, 5.74) is 0.590. The largest absolute Gasteiger partial charge is 0.508 e. The zero-order valence-electron chi connectivity index (χ0n) is 54.9. The van der Waals surface area contributed by atoms with Gasteiger partial charge in [0.1, 0.15) is 36.2 Å². The normalized spacial score (nSPS) is 16.5. The molecule has 0 radical (unpaired) electrons. The number of nitrogens with one attached hydrogen (secondary N) is 6. The number of likely N-dealkylation sites (tertiary alicyclic amines) is 2. The van der Waals surface area contributed by atoms with Crippen molar-refractivity contribution in [3.05, 3.63) is 29.8 Å². The second kappa shape index (κ2) is 50.8. The quantitative estimate of drug-likeness (QED) is 0.0230. The molecule has 2 aliphatic heterocycles. The van der Waals surface area contributed by atoms with Gasteiger partial charge in [-0.1, -0.05) is 119 Å². The van der Waals surface area contributed by atoms with E-state index in [9.17, 15) is 43.8 Å². The number of nitrogens with two attached hydrogens (primary N) is 1. The molecule has 2 fully saturated rings. The lowest BCUT2D eigenvalue weighted by Crippen LogP contribution is -2.74. The first-order chi connectivity index (χ1) is 39.1. The van der Waals surface area contributed by atoms with Gasteiger partial charge in [0.15, 0.2) is 0 Å². The fourth-order valence-electron chi connectivity index (χ4n) is 9.39. The number of hydrogen-bond acceptors (Lipinski definition) is 11. The minimum Gasteiger partial charge on any atom is -0.508 e. The Hall–Kier alpha value is -4.69. The van der Waals surface area contributed by atoms with E-state index in [0.29, 0.717) is 81.0 Å². The van der Waals surface area contributed by atoms with Gasteiger partial charge in [-0.2, -0.15) is 0 Å². The van der Waals surface area contributed by atoms with Gasteiger partial charge in [0.25, 0.3) is 0 Å². The van der Waals surface area contributed by atoms with Crippen molar-refractivity contribution in [2.45, 2.75) is 227 Å². The first kappa shape index (κ1) is 81.5. The topological polar surface area (TPSA) is 255 Å². The number of phenols is 1. The second-order valence-corrected chi connectivity index (χ2v) is 22.4. The maximum Gasteiger partial charge on any atom is 0.245 e. The van der Waals surface area contributed by atoms with Gasteiger partial charge in [0.05, 0.1) is 53.9 Å². The third-order valence-corrected chi connectivity index (χ3v) is 14.2. The maximum absolute atomic E-state index is 14.1. The molecular weight excluding hydrogens is 1040 g/mol. The smallest absolute Gasteiger partial charge is 0.245 e. The summed E-state index contributed by atoms with van der Waals surface area (Å²) >= 11 is 0. The van der Waals surface area contributed by atoms with Crippen LogP contribution in [0.2, 0.25) is 0 Å². The minimum atomic E-state index is -1.51. The van der Waals surface area contributed by atoms with Crippen LogP contribution in [0.3, 0.4) is 0 Å². The van der Waals surface area contributed by atoms with Crippen LogP contribution in [0.5, 0.6) is 5.75 Å². The SMILES string of the molecule is CC.CC.CCC(C)CC(C)CCCCCCCCC(=O)NC.CCC(NC(=O)CCCNC)C(=O)N1CCCC1C(=O)NC(C(=O)NC(CCC[N+](C)(C)C)C(=O)N1CCCC1C=O)C(O)Cc1ccc(O)cc1.CCNC.C[NH2+]C. The van der Waals surface area contributed by atoms with Crippen molar-refractivity contribution < 1.29 is 53.6 Å². The molecule has 0 spiro atoms. The number of carbonyl (C=O) groups is 7. The highest BCUT2D eigenvalue weighted by Crippen LogP contribution is 2.23. The lowest BCUT2D eigenvalue weighted by atomic mass is 9.91. The first-order valence-electron chi connectivity index (χ1n) is 31.6. The van der Waals surface area contributed by atoms with Crippen LogP contribution in [-0.2, 0) is 40.0 Å². The van der Waals surface area contributed by atoms with Gasteiger partial charge >= 0.3 is 0 Å². The summed E-state index contributed by atoms with van der Waals surface area (Å²) in [6.07, 6.45) is 15.7. The first-order valence-corrected chi connectivity index (χ1v) is 31.6. The van der Waals surface area contributed by atoms with E-state index in [0.717, 1.165) is 31.1 Å². The highest BCUT2D eigenvalue weighted by atomic mass is 16.3. The van der Waals surface area contributed by atoms with Crippen LogP contribution in [0.15, 0.2) is 24.3 Å². The summed E-state index contributed by atoms with van der Waals surface area (Å²) in [5, 5.41) is 40.1. The summed E-state index contributed by atoms with van der Waals surface area (Å²) in [5.74, 6) is -0.483. The zero-order chi connectivity index (χ0) is 63.1. The van der Waals surface area contributed by atoms with Crippen molar-refractivity contribution >= 4 is 41.7 Å². The van der Waals surface area contributed by atoms with Crippen molar-refractivity contribution in [1.82, 2.24) is 41.7 Å². The number of carbonyl (C=O) groups excluding carboxylic acids is 7. The van der Waals surface area contributed by atoms with E-state index >= 15 is 0 Å². The van der Waals surface area contributed by atoms with Crippen molar-refractivity contribution in [1.29, 1.82) is 0 Å². The predicted molar refractivity (Wildman–Crippen MR) is 335 cm³/mol. The molecule has 6 amide bonds. The summed E-state index contributed by atoms with van der Waals surface area (Å²) in [6, 6.07) is 1.20. The maximum atomic E-state index is 14.1. The van der Waals surface area contributed by atoms with Crippen LogP contribution in [0.4, 0.5) is 0 Å².